The highest BCUT2D eigenvalue weighted by molar-refractivity contribution is 6.48. The Labute approximate surface area is 142 Å². The molecule has 0 aliphatic carbocycles. The zero-order chi connectivity index (χ0) is 18.1. The number of ether oxygens (including phenoxy) is 1. The minimum atomic E-state index is -0.932. The van der Waals surface area contributed by atoms with Crippen molar-refractivity contribution < 1.29 is 28.7 Å². The molecule has 1 aliphatic heterocycles. The molecule has 1 unspecified atom stereocenters. The molecule has 2 rings (SSSR count). The molecule has 0 bridgehead atoms. The first kappa shape index (κ1) is 18.5. The van der Waals surface area contributed by atoms with Gasteiger partial charge in [-0.05, 0) is 45.4 Å². The van der Waals surface area contributed by atoms with Crippen LogP contribution >= 0.6 is 0 Å². The van der Waals surface area contributed by atoms with E-state index in [0.29, 0.717) is 5.75 Å². The second-order valence-electron chi connectivity index (χ2n) is 6.99. The molecule has 1 heterocycles. The number of carbonyl (C=O) groups excluding carboxylic acids is 1. The minimum absolute atomic E-state index is 0.121. The summed E-state index contributed by atoms with van der Waals surface area (Å²) in [5, 5.41) is 9.26. The lowest BCUT2D eigenvalue weighted by Gasteiger charge is -2.32. The molecule has 24 heavy (non-hydrogen) atoms. The summed E-state index contributed by atoms with van der Waals surface area (Å²) in [6.45, 7) is 9.03. The van der Waals surface area contributed by atoms with Gasteiger partial charge in [-0.2, -0.15) is 0 Å². The van der Waals surface area contributed by atoms with E-state index < -0.39 is 36.1 Å². The van der Waals surface area contributed by atoms with Crippen LogP contribution in [-0.2, 0) is 18.9 Å². The number of hydrogen-bond acceptors (Lipinski definition) is 5. The maximum Gasteiger partial charge on any atom is 0.466 e. The topological polar surface area (TPSA) is 82.1 Å². The first-order valence-electron chi connectivity index (χ1n) is 7.87. The van der Waals surface area contributed by atoms with Gasteiger partial charge in [0.15, 0.2) is 0 Å². The van der Waals surface area contributed by atoms with Crippen LogP contribution in [0.2, 0.25) is 0 Å². The van der Waals surface area contributed by atoms with Crippen molar-refractivity contribution in [2.24, 2.45) is 0 Å². The molecule has 7 heteroatoms. The van der Waals surface area contributed by atoms with Crippen LogP contribution in [0, 0.1) is 0 Å². The highest BCUT2D eigenvalue weighted by atomic mass is 16.7. The normalized spacial score (nSPS) is 19.8. The lowest BCUT2D eigenvalue weighted by atomic mass is 9.66. The molecule has 1 atom stereocenters. The third-order valence-corrected chi connectivity index (χ3v) is 4.56. The first-order valence-corrected chi connectivity index (χ1v) is 7.87. The van der Waals surface area contributed by atoms with Crippen LogP contribution in [0.4, 0.5) is 0 Å². The molecule has 6 nitrogen and oxygen atoms in total. The van der Waals surface area contributed by atoms with Crippen LogP contribution in [0.1, 0.15) is 52.4 Å². The maximum atomic E-state index is 11.3. The summed E-state index contributed by atoms with van der Waals surface area (Å²) in [5.41, 5.74) is -0.315. The first-order chi connectivity index (χ1) is 11.0. The monoisotopic (exact) mass is 334 g/mol. The molecule has 0 radical (unpaired) electrons. The van der Waals surface area contributed by atoms with E-state index in [1.54, 1.807) is 24.3 Å². The summed E-state index contributed by atoms with van der Waals surface area (Å²) in [7, 11) is -0.661. The van der Waals surface area contributed by atoms with Crippen molar-refractivity contribution in [3.05, 3.63) is 29.8 Å². The van der Waals surface area contributed by atoms with Gasteiger partial charge in [0.25, 0.3) is 0 Å². The Bertz CT molecular complexity index is 606. The Kier molecular flexibility index (Phi) is 5.06. The Morgan fingerprint density at radius 2 is 1.62 bits per heavy atom. The lowest BCUT2D eigenvalue weighted by molar-refractivity contribution is -0.137. The van der Waals surface area contributed by atoms with Crippen LogP contribution in [0.15, 0.2) is 24.3 Å². The van der Waals surface area contributed by atoms with Gasteiger partial charge < -0.3 is 19.2 Å². The fraction of sp³-hybridized carbons (Fsp3) is 0.529. The number of hydrogen-bond donors (Lipinski definition) is 1. The number of carboxylic acid groups (broad SMARTS) is 1. The molecule has 0 spiro atoms. The largest absolute Gasteiger partial charge is 0.481 e. The molecule has 1 aromatic rings. The Morgan fingerprint density at radius 3 is 2.04 bits per heavy atom. The van der Waals surface area contributed by atoms with Gasteiger partial charge in [0.05, 0.1) is 17.6 Å². The van der Waals surface area contributed by atoms with Crippen LogP contribution in [-0.4, -0.2) is 35.4 Å². The van der Waals surface area contributed by atoms with Crippen LogP contribution in [0.5, 0.6) is 5.75 Å². The summed E-state index contributed by atoms with van der Waals surface area (Å²) in [6.07, 6.45) is -0.121. The number of carbonyl (C=O) groups is 2. The van der Waals surface area contributed by atoms with Crippen LogP contribution in [0.3, 0.4) is 0 Å². The summed E-state index contributed by atoms with van der Waals surface area (Å²) in [5.74, 6) is -1.39. The van der Waals surface area contributed by atoms with Crippen molar-refractivity contribution in [1.29, 1.82) is 0 Å². The fourth-order valence-electron chi connectivity index (χ4n) is 2.56. The summed E-state index contributed by atoms with van der Waals surface area (Å²) in [4.78, 5) is 22.3. The highest BCUT2D eigenvalue weighted by Gasteiger charge is 2.54. The maximum absolute atomic E-state index is 11.3. The predicted octanol–water partition coefficient (Wildman–Crippen LogP) is 2.80. The van der Waals surface area contributed by atoms with E-state index in [4.69, 9.17) is 14.0 Å². The molecule has 0 saturated carbocycles. The van der Waals surface area contributed by atoms with Gasteiger partial charge in [-0.25, -0.2) is 0 Å². The van der Waals surface area contributed by atoms with Gasteiger partial charge in [-0.3, -0.25) is 9.59 Å². The molecule has 1 aromatic carbocycles. The number of benzene rings is 1. The zero-order valence-corrected chi connectivity index (χ0v) is 14.7. The smallest absolute Gasteiger partial charge is 0.466 e. The second-order valence-corrected chi connectivity index (χ2v) is 6.99. The number of esters is 1. The van der Waals surface area contributed by atoms with Crippen LogP contribution < -0.4 is 4.74 Å². The van der Waals surface area contributed by atoms with E-state index in [1.807, 2.05) is 27.7 Å². The molecular formula is C17H23BO6. The van der Waals surface area contributed by atoms with E-state index in [0.717, 1.165) is 5.56 Å². The summed E-state index contributed by atoms with van der Waals surface area (Å²) in [6, 6.07) is 6.74. The fourth-order valence-corrected chi connectivity index (χ4v) is 2.56. The van der Waals surface area contributed by atoms with Gasteiger partial charge in [0, 0.05) is 12.7 Å². The Balaban J connectivity index is 2.26. The van der Waals surface area contributed by atoms with Crippen molar-refractivity contribution in [2.75, 3.05) is 0 Å². The van der Waals surface area contributed by atoms with E-state index >= 15 is 0 Å². The highest BCUT2D eigenvalue weighted by Crippen LogP contribution is 2.41. The standard InChI is InChI=1S/C17H23BO6/c1-11(19)22-13-8-6-12(7-9-13)14(10-15(20)21)18-23-16(2,3)17(4,5)24-18/h6-9,14H,10H2,1-5H3,(H,20,21). The summed E-state index contributed by atoms with van der Waals surface area (Å²) < 4.78 is 17.0. The molecule has 1 N–H and O–H groups in total. The second kappa shape index (κ2) is 6.57. The van der Waals surface area contributed by atoms with Gasteiger partial charge in [-0.1, -0.05) is 12.1 Å². The Hall–Kier alpha value is -1.86. The number of aliphatic carboxylic acids is 1. The third-order valence-electron chi connectivity index (χ3n) is 4.56. The SMILES string of the molecule is CC(=O)Oc1ccc(C(CC(=O)O)B2OC(C)(C)C(C)(C)O2)cc1. The van der Waals surface area contributed by atoms with Crippen LogP contribution in [0.25, 0.3) is 0 Å². The van der Waals surface area contributed by atoms with E-state index in [2.05, 4.69) is 0 Å². The van der Waals surface area contributed by atoms with Gasteiger partial charge in [-0.15, -0.1) is 0 Å². The van der Waals surface area contributed by atoms with E-state index in [1.165, 1.54) is 6.92 Å². The molecule has 1 aliphatic rings. The lowest BCUT2D eigenvalue weighted by Crippen LogP contribution is -2.41. The predicted molar refractivity (Wildman–Crippen MR) is 88.8 cm³/mol. The van der Waals surface area contributed by atoms with Crippen molar-refractivity contribution in [1.82, 2.24) is 0 Å². The summed E-state index contributed by atoms with van der Waals surface area (Å²) >= 11 is 0. The molecule has 0 amide bonds. The molecule has 1 saturated heterocycles. The number of rotatable bonds is 5. The average molecular weight is 334 g/mol. The molecule has 0 aromatic heterocycles. The van der Waals surface area contributed by atoms with Crippen molar-refractivity contribution in [2.45, 2.75) is 58.1 Å². The minimum Gasteiger partial charge on any atom is -0.481 e. The van der Waals surface area contributed by atoms with Gasteiger partial charge >= 0.3 is 19.1 Å². The molecule has 1 fully saturated rings. The van der Waals surface area contributed by atoms with E-state index in [9.17, 15) is 14.7 Å². The van der Waals surface area contributed by atoms with Crippen molar-refractivity contribution in [3.8, 4) is 5.75 Å². The zero-order valence-electron chi connectivity index (χ0n) is 14.7. The Morgan fingerprint density at radius 1 is 1.12 bits per heavy atom. The van der Waals surface area contributed by atoms with Gasteiger partial charge in [0.1, 0.15) is 5.75 Å². The third kappa shape index (κ3) is 3.97. The number of carboxylic acids is 1. The average Bonchev–Trinajstić information content (AvgIpc) is 2.65. The quantitative estimate of drug-likeness (QED) is 0.507. The van der Waals surface area contributed by atoms with Gasteiger partial charge in [0.2, 0.25) is 0 Å². The van der Waals surface area contributed by atoms with E-state index in [-0.39, 0.29) is 6.42 Å². The van der Waals surface area contributed by atoms with Crippen molar-refractivity contribution >= 4 is 19.1 Å². The molecular weight excluding hydrogens is 311 g/mol. The molecule has 130 valence electrons. The van der Waals surface area contributed by atoms with Crippen molar-refractivity contribution in [3.63, 3.8) is 0 Å².